The Morgan fingerprint density at radius 3 is 1.59 bits per heavy atom. The topological polar surface area (TPSA) is 64.5 Å². The van der Waals surface area contributed by atoms with E-state index in [2.05, 4.69) is 175 Å². The third-order valence-electron chi connectivity index (χ3n) is 13.7. The van der Waals surface area contributed by atoms with Crippen molar-refractivity contribution in [3.05, 3.63) is 175 Å². The molecule has 7 aromatic rings. The number of rotatable bonds is 6. The summed E-state index contributed by atoms with van der Waals surface area (Å²) in [5.41, 5.74) is 10.3. The number of aromatic nitrogens is 4. The summed E-state index contributed by atoms with van der Waals surface area (Å²) in [7, 11) is 0. The van der Waals surface area contributed by atoms with Crippen molar-refractivity contribution in [2.45, 2.75) is 64.2 Å². The summed E-state index contributed by atoms with van der Waals surface area (Å²) in [5, 5.41) is 0. The molecule has 0 bridgehead atoms. The van der Waals surface area contributed by atoms with Crippen LogP contribution in [0.5, 0.6) is 0 Å². The monoisotopic (exact) mass is 770 g/mol. The standard InChI is InChI=1S/C51H46N8/c1-6-50(7-2)41-24-16-17-25-42(41)58-46-44(52-28-30-54-46)56(36-18-10-8-11-19-36)48(58)51(50)34(5)39-27-26-35(40-23-15-14-22-38(40)33(3)4)32-43(39)59-47-45(53-29-31-55-47)57(49(51)59)37-20-12-9-13-21-37/h8-33,48-49H,5-7H2,1-4H3. The predicted octanol–water partition coefficient (Wildman–Crippen LogP) is 12.1. The van der Waals surface area contributed by atoms with E-state index >= 15 is 0 Å². The highest BCUT2D eigenvalue weighted by molar-refractivity contribution is 6.00. The summed E-state index contributed by atoms with van der Waals surface area (Å²) in [6, 6.07) is 46.3. The Kier molecular flexibility index (Phi) is 7.86. The molecule has 3 atom stereocenters. The van der Waals surface area contributed by atoms with Gasteiger partial charge in [0, 0.05) is 52.8 Å². The van der Waals surface area contributed by atoms with Gasteiger partial charge in [0.25, 0.3) is 0 Å². The van der Waals surface area contributed by atoms with E-state index in [1.807, 2.05) is 24.8 Å². The summed E-state index contributed by atoms with van der Waals surface area (Å²) in [5.74, 6) is 3.66. The molecule has 0 N–H and O–H groups in total. The van der Waals surface area contributed by atoms with Crippen LogP contribution in [0.15, 0.2) is 159 Å². The zero-order valence-electron chi connectivity index (χ0n) is 33.9. The first-order chi connectivity index (χ1) is 29.0. The van der Waals surface area contributed by atoms with E-state index in [1.165, 1.54) is 22.3 Å². The average Bonchev–Trinajstić information content (AvgIpc) is 3.83. The fraction of sp³-hybridized carbons (Fsp3) is 0.216. The molecule has 0 saturated heterocycles. The minimum absolute atomic E-state index is 0.355. The lowest BCUT2D eigenvalue weighted by Gasteiger charge is -2.67. The minimum atomic E-state index is -0.786. The second kappa shape index (κ2) is 13.1. The maximum absolute atomic E-state index is 5.36. The lowest BCUT2D eigenvalue weighted by Crippen LogP contribution is -2.74. The molecule has 2 aromatic heterocycles. The fourth-order valence-electron chi connectivity index (χ4n) is 11.4. The van der Waals surface area contributed by atoms with Crippen LogP contribution in [0.4, 0.5) is 46.0 Å². The minimum Gasteiger partial charge on any atom is -0.301 e. The van der Waals surface area contributed by atoms with E-state index in [-0.39, 0.29) is 12.3 Å². The van der Waals surface area contributed by atoms with Gasteiger partial charge in [-0.15, -0.1) is 0 Å². The van der Waals surface area contributed by atoms with Crippen molar-refractivity contribution in [3.63, 3.8) is 0 Å². The Labute approximate surface area is 346 Å². The SMILES string of the molecule is C=C1c2ccc(-c3ccccc3C(C)C)cc2N2c3nccnc3N(c3ccccc3)C2C12C1N(c3ccccc3)c3nccnc3N1c1ccccc1C2(CC)CC. The summed E-state index contributed by atoms with van der Waals surface area (Å²) >= 11 is 0. The highest BCUT2D eigenvalue weighted by Gasteiger charge is 2.74. The molecule has 6 heterocycles. The quantitative estimate of drug-likeness (QED) is 0.166. The molecule has 11 rings (SSSR count). The molecular formula is C51H46N8. The highest BCUT2D eigenvalue weighted by atomic mass is 15.5. The molecule has 0 saturated carbocycles. The molecule has 290 valence electrons. The van der Waals surface area contributed by atoms with Crippen molar-refractivity contribution in [1.29, 1.82) is 0 Å². The second-order valence-corrected chi connectivity index (χ2v) is 16.4. The maximum atomic E-state index is 5.36. The Hall–Kier alpha value is -6.80. The number of nitrogens with zero attached hydrogens (tertiary/aromatic N) is 8. The van der Waals surface area contributed by atoms with Crippen LogP contribution in [0.1, 0.15) is 63.1 Å². The van der Waals surface area contributed by atoms with E-state index in [4.69, 9.17) is 26.5 Å². The predicted molar refractivity (Wildman–Crippen MR) is 239 cm³/mol. The van der Waals surface area contributed by atoms with Crippen LogP contribution in [0, 0.1) is 5.41 Å². The normalized spacial score (nSPS) is 20.6. The van der Waals surface area contributed by atoms with Gasteiger partial charge in [-0.25, -0.2) is 19.9 Å². The molecule has 1 spiro atoms. The number of para-hydroxylation sites is 3. The molecule has 5 aromatic carbocycles. The van der Waals surface area contributed by atoms with Crippen molar-refractivity contribution in [1.82, 2.24) is 19.9 Å². The summed E-state index contributed by atoms with van der Waals surface area (Å²) in [6.45, 7) is 14.6. The van der Waals surface area contributed by atoms with E-state index < -0.39 is 10.8 Å². The number of anilines is 8. The Morgan fingerprint density at radius 1 is 0.542 bits per heavy atom. The van der Waals surface area contributed by atoms with Crippen LogP contribution in [0.25, 0.3) is 16.7 Å². The largest absolute Gasteiger partial charge is 0.301 e. The smallest absolute Gasteiger partial charge is 0.178 e. The number of benzene rings is 5. The average molecular weight is 771 g/mol. The van der Waals surface area contributed by atoms with Crippen molar-refractivity contribution < 1.29 is 0 Å². The van der Waals surface area contributed by atoms with Gasteiger partial charge in [-0.05, 0) is 83.0 Å². The van der Waals surface area contributed by atoms with Gasteiger partial charge in [0.05, 0.1) is 11.1 Å². The number of fused-ring (bicyclic) bond motifs is 12. The number of hydrogen-bond acceptors (Lipinski definition) is 8. The van der Waals surface area contributed by atoms with Gasteiger partial charge in [-0.2, -0.15) is 0 Å². The van der Waals surface area contributed by atoms with Crippen LogP contribution in [0.3, 0.4) is 0 Å². The van der Waals surface area contributed by atoms with E-state index in [0.717, 1.165) is 70.0 Å². The van der Waals surface area contributed by atoms with Crippen molar-refractivity contribution >= 4 is 51.6 Å². The molecule has 0 amide bonds. The van der Waals surface area contributed by atoms with Crippen molar-refractivity contribution in [2.24, 2.45) is 5.41 Å². The van der Waals surface area contributed by atoms with Gasteiger partial charge < -0.3 is 19.6 Å². The second-order valence-electron chi connectivity index (χ2n) is 16.4. The van der Waals surface area contributed by atoms with Gasteiger partial charge in [-0.3, -0.25) is 0 Å². The first kappa shape index (κ1) is 35.4. The lowest BCUT2D eigenvalue weighted by atomic mass is 9.47. The molecule has 4 aliphatic rings. The van der Waals surface area contributed by atoms with Crippen LogP contribution in [-0.4, -0.2) is 32.3 Å². The molecule has 0 fully saturated rings. The molecular weight excluding hydrogens is 725 g/mol. The van der Waals surface area contributed by atoms with Gasteiger partial charge in [0.15, 0.2) is 23.3 Å². The van der Waals surface area contributed by atoms with Gasteiger partial charge in [0.2, 0.25) is 0 Å². The van der Waals surface area contributed by atoms with E-state index in [9.17, 15) is 0 Å². The fourth-order valence-corrected chi connectivity index (χ4v) is 11.4. The molecule has 3 unspecified atom stereocenters. The Bertz CT molecular complexity index is 2760. The maximum Gasteiger partial charge on any atom is 0.178 e. The van der Waals surface area contributed by atoms with Gasteiger partial charge in [0.1, 0.15) is 12.3 Å². The summed E-state index contributed by atoms with van der Waals surface area (Å²) in [6.07, 6.45) is 8.28. The zero-order chi connectivity index (χ0) is 40.0. The Balaban J connectivity index is 1.31. The summed E-state index contributed by atoms with van der Waals surface area (Å²) < 4.78 is 0. The zero-order valence-corrected chi connectivity index (χ0v) is 33.9. The Morgan fingerprint density at radius 2 is 1.03 bits per heavy atom. The van der Waals surface area contributed by atoms with Gasteiger partial charge >= 0.3 is 0 Å². The first-order valence-electron chi connectivity index (χ1n) is 20.9. The lowest BCUT2D eigenvalue weighted by molar-refractivity contribution is 0.0959. The van der Waals surface area contributed by atoms with Crippen LogP contribution in [-0.2, 0) is 5.41 Å². The van der Waals surface area contributed by atoms with E-state index in [1.54, 1.807) is 0 Å². The molecule has 0 aliphatic carbocycles. The third kappa shape index (κ3) is 4.54. The van der Waals surface area contributed by atoms with Gasteiger partial charge in [-0.1, -0.05) is 125 Å². The van der Waals surface area contributed by atoms with Crippen LogP contribution < -0.4 is 19.6 Å². The summed E-state index contributed by atoms with van der Waals surface area (Å²) in [4.78, 5) is 30.7. The number of hydrogen-bond donors (Lipinski definition) is 0. The highest BCUT2D eigenvalue weighted by Crippen LogP contribution is 2.73. The first-order valence-corrected chi connectivity index (χ1v) is 20.9. The molecule has 8 heteroatoms. The van der Waals surface area contributed by atoms with Crippen molar-refractivity contribution in [3.8, 4) is 11.1 Å². The molecule has 4 aliphatic heterocycles. The molecule has 59 heavy (non-hydrogen) atoms. The molecule has 8 nitrogen and oxygen atoms in total. The third-order valence-corrected chi connectivity index (χ3v) is 13.7. The van der Waals surface area contributed by atoms with Crippen LogP contribution >= 0.6 is 0 Å². The van der Waals surface area contributed by atoms with E-state index in [0.29, 0.717) is 5.92 Å². The van der Waals surface area contributed by atoms with Crippen molar-refractivity contribution in [2.75, 3.05) is 19.6 Å². The molecule has 0 radical (unpaired) electrons. The van der Waals surface area contributed by atoms with Crippen LogP contribution in [0.2, 0.25) is 0 Å².